The minimum Gasteiger partial charge on any atom is -0.321 e. The third kappa shape index (κ3) is 4.75. The van der Waals surface area contributed by atoms with Crippen LogP contribution < -0.4 is 5.32 Å². The molecule has 4 rings (SSSR count). The van der Waals surface area contributed by atoms with Gasteiger partial charge in [0, 0.05) is 44.6 Å². The predicted molar refractivity (Wildman–Crippen MR) is 115 cm³/mol. The summed E-state index contributed by atoms with van der Waals surface area (Å²) in [5.74, 6) is -0.715. The number of aromatic nitrogens is 2. The second-order valence-electron chi connectivity index (χ2n) is 7.46. The van der Waals surface area contributed by atoms with E-state index in [2.05, 4.69) is 27.1 Å². The molecule has 1 fully saturated rings. The van der Waals surface area contributed by atoms with E-state index in [0.717, 1.165) is 39.3 Å². The van der Waals surface area contributed by atoms with Crippen LogP contribution in [0.3, 0.4) is 0 Å². The summed E-state index contributed by atoms with van der Waals surface area (Å²) in [5.41, 5.74) is 2.47. The Hall–Kier alpha value is -3.03. The Balaban J connectivity index is 1.35. The number of nitrogens with one attached hydrogen (secondary N) is 1. The number of benzene rings is 2. The molecule has 3 aromatic rings. The summed E-state index contributed by atoms with van der Waals surface area (Å²) >= 11 is 0. The van der Waals surface area contributed by atoms with E-state index >= 15 is 0 Å². The molecule has 2 heterocycles. The first-order valence-corrected chi connectivity index (χ1v) is 10.3. The van der Waals surface area contributed by atoms with Crippen molar-refractivity contribution < 1.29 is 9.18 Å². The zero-order valence-electron chi connectivity index (χ0n) is 17.1. The molecular formula is C23H26FN5O. The van der Waals surface area contributed by atoms with Crippen LogP contribution in [-0.4, -0.2) is 58.2 Å². The lowest BCUT2D eigenvalue weighted by atomic mass is 10.1. The Labute approximate surface area is 175 Å². The number of hydrogen-bond donors (Lipinski definition) is 1. The molecule has 0 bridgehead atoms. The highest BCUT2D eigenvalue weighted by molar-refractivity contribution is 6.02. The van der Waals surface area contributed by atoms with Gasteiger partial charge in [0.05, 0.1) is 0 Å². The van der Waals surface area contributed by atoms with Crippen LogP contribution in [0, 0.1) is 5.82 Å². The summed E-state index contributed by atoms with van der Waals surface area (Å²) in [7, 11) is 0. The van der Waals surface area contributed by atoms with E-state index < -0.39 is 0 Å². The van der Waals surface area contributed by atoms with Crippen molar-refractivity contribution in [1.82, 2.24) is 19.6 Å². The van der Waals surface area contributed by atoms with Crippen molar-refractivity contribution in [1.29, 1.82) is 0 Å². The first kappa shape index (κ1) is 20.3. The summed E-state index contributed by atoms with van der Waals surface area (Å²) in [6.07, 6.45) is 1.58. The molecule has 156 valence electrons. The first-order chi connectivity index (χ1) is 14.6. The quantitative estimate of drug-likeness (QED) is 0.681. The number of para-hydroxylation sites is 1. The molecule has 30 heavy (non-hydrogen) atoms. The van der Waals surface area contributed by atoms with Gasteiger partial charge in [-0.2, -0.15) is 5.10 Å². The monoisotopic (exact) mass is 407 g/mol. The molecule has 1 N–H and O–H groups in total. The molecule has 1 amide bonds. The van der Waals surface area contributed by atoms with Gasteiger partial charge in [0.15, 0.2) is 5.69 Å². The number of hydrogen-bond acceptors (Lipinski definition) is 4. The molecule has 6 nitrogen and oxygen atoms in total. The maximum atomic E-state index is 13.9. The second-order valence-corrected chi connectivity index (χ2v) is 7.46. The zero-order valence-corrected chi connectivity index (χ0v) is 17.1. The largest absolute Gasteiger partial charge is 0.321 e. The normalized spacial score (nSPS) is 15.3. The average molecular weight is 407 g/mol. The van der Waals surface area contributed by atoms with Crippen molar-refractivity contribution in [2.24, 2.45) is 0 Å². The van der Waals surface area contributed by atoms with E-state index in [9.17, 15) is 9.18 Å². The van der Waals surface area contributed by atoms with E-state index in [4.69, 9.17) is 0 Å². The maximum Gasteiger partial charge on any atom is 0.276 e. The Bertz CT molecular complexity index is 993. The molecule has 1 aliphatic rings. The number of amides is 1. The van der Waals surface area contributed by atoms with Gasteiger partial charge in [0.25, 0.3) is 5.91 Å². The number of carbonyl (C=O) groups excluding carboxylic acids is 1. The Morgan fingerprint density at radius 3 is 2.40 bits per heavy atom. The minimum absolute atomic E-state index is 0.233. The standard InChI is InChI=1S/C23H26FN5O/c1-2-27-13-15-28(16-14-27)17-18-7-9-19(10-8-18)25-23(30)21-11-12-29(26-21)22-6-4-3-5-20(22)24/h3-12H,2,13-17H2,1H3,(H,25,30). The van der Waals surface area contributed by atoms with Crippen molar-refractivity contribution in [2.75, 3.05) is 38.0 Å². The smallest absolute Gasteiger partial charge is 0.276 e. The number of carbonyl (C=O) groups is 1. The van der Waals surface area contributed by atoms with Crippen LogP contribution >= 0.6 is 0 Å². The van der Waals surface area contributed by atoms with E-state index in [0.29, 0.717) is 11.4 Å². The fourth-order valence-electron chi connectivity index (χ4n) is 3.63. The fourth-order valence-corrected chi connectivity index (χ4v) is 3.63. The van der Waals surface area contributed by atoms with E-state index in [1.807, 2.05) is 24.3 Å². The SMILES string of the molecule is CCN1CCN(Cc2ccc(NC(=O)c3ccn(-c4ccccc4F)n3)cc2)CC1. The van der Waals surface area contributed by atoms with Crippen molar-refractivity contribution in [3.8, 4) is 5.69 Å². The summed E-state index contributed by atoms with van der Waals surface area (Å²) < 4.78 is 15.3. The van der Waals surface area contributed by atoms with Gasteiger partial charge in [-0.1, -0.05) is 31.2 Å². The van der Waals surface area contributed by atoms with Crippen LogP contribution in [0.4, 0.5) is 10.1 Å². The van der Waals surface area contributed by atoms with Crippen LogP contribution in [-0.2, 0) is 6.54 Å². The number of piperazine rings is 1. The highest BCUT2D eigenvalue weighted by Crippen LogP contribution is 2.15. The van der Waals surface area contributed by atoms with Crippen LogP contribution in [0.1, 0.15) is 23.0 Å². The molecule has 1 aliphatic heterocycles. The van der Waals surface area contributed by atoms with E-state index in [1.165, 1.54) is 16.3 Å². The summed E-state index contributed by atoms with van der Waals surface area (Å²) in [4.78, 5) is 17.4. The van der Waals surface area contributed by atoms with Crippen molar-refractivity contribution in [3.05, 3.63) is 77.9 Å². The van der Waals surface area contributed by atoms with Gasteiger partial charge in [0.2, 0.25) is 0 Å². The van der Waals surface area contributed by atoms with Crippen molar-refractivity contribution in [2.45, 2.75) is 13.5 Å². The first-order valence-electron chi connectivity index (χ1n) is 10.3. The molecule has 0 unspecified atom stereocenters. The molecule has 1 aromatic heterocycles. The number of anilines is 1. The zero-order chi connectivity index (χ0) is 20.9. The average Bonchev–Trinajstić information content (AvgIpc) is 3.26. The third-order valence-corrected chi connectivity index (χ3v) is 5.45. The number of likely N-dealkylation sites (N-methyl/N-ethyl adjacent to an activating group) is 1. The topological polar surface area (TPSA) is 53.4 Å². The van der Waals surface area contributed by atoms with Crippen molar-refractivity contribution in [3.63, 3.8) is 0 Å². The summed E-state index contributed by atoms with van der Waals surface area (Å²) in [6, 6.07) is 15.8. The molecule has 1 saturated heterocycles. The third-order valence-electron chi connectivity index (χ3n) is 5.45. The van der Waals surface area contributed by atoms with Crippen molar-refractivity contribution >= 4 is 11.6 Å². The fraction of sp³-hybridized carbons (Fsp3) is 0.304. The Morgan fingerprint density at radius 2 is 1.70 bits per heavy atom. The van der Waals surface area contributed by atoms with E-state index in [-0.39, 0.29) is 17.4 Å². The van der Waals surface area contributed by atoms with Gasteiger partial charge in [-0.15, -0.1) is 0 Å². The maximum absolute atomic E-state index is 13.9. The number of halogens is 1. The molecule has 0 atom stereocenters. The lowest BCUT2D eigenvalue weighted by molar-refractivity contribution is 0.102. The van der Waals surface area contributed by atoms with Gasteiger partial charge < -0.3 is 10.2 Å². The van der Waals surface area contributed by atoms with E-state index in [1.54, 1.807) is 30.5 Å². The molecule has 0 spiro atoms. The lowest BCUT2D eigenvalue weighted by Crippen LogP contribution is -2.45. The molecule has 7 heteroatoms. The summed E-state index contributed by atoms with van der Waals surface area (Å²) in [6.45, 7) is 8.62. The molecule has 0 saturated carbocycles. The van der Waals surface area contributed by atoms with Gasteiger partial charge in [-0.25, -0.2) is 9.07 Å². The molecule has 0 aliphatic carbocycles. The van der Waals surface area contributed by atoms with Gasteiger partial charge in [-0.3, -0.25) is 9.69 Å². The second kappa shape index (κ2) is 9.19. The highest BCUT2D eigenvalue weighted by Gasteiger charge is 2.16. The molecular weight excluding hydrogens is 381 g/mol. The van der Waals surface area contributed by atoms with Crippen LogP contribution in [0.5, 0.6) is 0 Å². The van der Waals surface area contributed by atoms with Crippen LogP contribution in [0.25, 0.3) is 5.69 Å². The predicted octanol–water partition coefficient (Wildman–Crippen LogP) is 3.40. The lowest BCUT2D eigenvalue weighted by Gasteiger charge is -2.34. The molecule has 0 radical (unpaired) electrons. The van der Waals surface area contributed by atoms with Gasteiger partial charge in [-0.05, 0) is 42.4 Å². The number of rotatable bonds is 6. The molecule has 2 aromatic carbocycles. The van der Waals surface area contributed by atoms with Gasteiger partial charge in [0.1, 0.15) is 11.5 Å². The Morgan fingerprint density at radius 1 is 1.00 bits per heavy atom. The Kier molecular flexibility index (Phi) is 6.21. The van der Waals surface area contributed by atoms with Gasteiger partial charge >= 0.3 is 0 Å². The van der Waals surface area contributed by atoms with Crippen LogP contribution in [0.15, 0.2) is 60.8 Å². The van der Waals surface area contributed by atoms with Crippen LogP contribution in [0.2, 0.25) is 0 Å². The number of nitrogens with zero attached hydrogens (tertiary/aromatic N) is 4. The highest BCUT2D eigenvalue weighted by atomic mass is 19.1. The summed E-state index contributed by atoms with van der Waals surface area (Å²) in [5, 5.41) is 7.05. The minimum atomic E-state index is -0.390.